The summed E-state index contributed by atoms with van der Waals surface area (Å²) in [4.78, 5) is 0. The number of thiocarbonyl (C=S) groups is 1. The van der Waals surface area contributed by atoms with Crippen molar-refractivity contribution >= 4 is 27.2 Å². The molecule has 0 aromatic heterocycles. The second kappa shape index (κ2) is 9.24. The zero-order valence-electron chi connectivity index (χ0n) is 11.0. The first-order chi connectivity index (χ1) is 9.53. The van der Waals surface area contributed by atoms with E-state index in [4.69, 9.17) is 31.5 Å². The predicted molar refractivity (Wildman–Crippen MR) is 77.1 cm³/mol. The first-order valence-electron chi connectivity index (χ1n) is 6.14. The lowest BCUT2D eigenvalue weighted by Gasteiger charge is -2.13. The first-order valence-corrected chi connectivity index (χ1v) is 8.26. The van der Waals surface area contributed by atoms with E-state index in [0.29, 0.717) is 26.4 Å². The van der Waals surface area contributed by atoms with Crippen molar-refractivity contribution in [3.63, 3.8) is 0 Å². The normalized spacial score (nSPS) is 19.9. The molecule has 9 heteroatoms. The Kier molecular flexibility index (Phi) is 8.00. The molecular formula is C11H19NO6S2. The van der Waals surface area contributed by atoms with Gasteiger partial charge in [-0.1, -0.05) is 0 Å². The lowest BCUT2D eigenvalue weighted by molar-refractivity contribution is 0.0235. The third-order valence-corrected chi connectivity index (χ3v) is 3.93. The second-order valence-corrected chi connectivity index (χ2v) is 6.30. The fourth-order valence-electron chi connectivity index (χ4n) is 1.44. The van der Waals surface area contributed by atoms with Crippen LogP contribution in [-0.4, -0.2) is 70.1 Å². The van der Waals surface area contributed by atoms with E-state index in [2.05, 4.69) is 5.32 Å². The van der Waals surface area contributed by atoms with Crippen LogP contribution in [0.2, 0.25) is 0 Å². The lowest BCUT2D eigenvalue weighted by atomic mass is 10.3. The van der Waals surface area contributed by atoms with Crippen molar-refractivity contribution in [2.75, 3.05) is 45.4 Å². The van der Waals surface area contributed by atoms with Crippen molar-refractivity contribution in [3.05, 3.63) is 11.5 Å². The highest BCUT2D eigenvalue weighted by atomic mass is 32.2. The van der Waals surface area contributed by atoms with Gasteiger partial charge in [-0.05, 0) is 18.3 Å². The molecule has 0 saturated carbocycles. The average Bonchev–Trinajstić information content (AvgIpc) is 2.72. The zero-order valence-corrected chi connectivity index (χ0v) is 12.6. The molecule has 0 fully saturated rings. The quantitative estimate of drug-likeness (QED) is 0.421. The number of sulfone groups is 1. The number of ether oxygens (including phenoxy) is 3. The molecule has 0 saturated heterocycles. The average molecular weight is 325 g/mol. The lowest BCUT2D eigenvalue weighted by Crippen LogP contribution is -2.36. The van der Waals surface area contributed by atoms with Gasteiger partial charge in [-0.15, -0.1) is 0 Å². The van der Waals surface area contributed by atoms with Crippen LogP contribution < -0.4 is 5.32 Å². The maximum Gasteiger partial charge on any atom is 0.257 e. The molecular weight excluding hydrogens is 306 g/mol. The molecule has 2 N–H and O–H groups in total. The fraction of sp³-hybridized carbons (Fsp3) is 0.727. The number of aliphatic hydroxyl groups excluding tert-OH is 1. The van der Waals surface area contributed by atoms with Gasteiger partial charge in [0.25, 0.3) is 5.17 Å². The molecule has 1 atom stereocenters. The van der Waals surface area contributed by atoms with Crippen LogP contribution in [0.25, 0.3) is 0 Å². The smallest absolute Gasteiger partial charge is 0.257 e. The number of rotatable bonds is 9. The second-order valence-electron chi connectivity index (χ2n) is 3.99. The minimum absolute atomic E-state index is 0.00477. The van der Waals surface area contributed by atoms with Crippen molar-refractivity contribution in [1.82, 2.24) is 5.32 Å². The van der Waals surface area contributed by atoms with Crippen LogP contribution in [0, 0.1) is 0 Å². The van der Waals surface area contributed by atoms with Gasteiger partial charge in [0.15, 0.2) is 9.84 Å². The Bertz CT molecular complexity index is 423. The Morgan fingerprint density at radius 3 is 2.50 bits per heavy atom. The van der Waals surface area contributed by atoms with E-state index >= 15 is 0 Å². The molecule has 0 spiro atoms. The molecule has 0 aliphatic carbocycles. The molecule has 20 heavy (non-hydrogen) atoms. The summed E-state index contributed by atoms with van der Waals surface area (Å²) in [5, 5.41) is 12.6. The monoisotopic (exact) mass is 325 g/mol. The van der Waals surface area contributed by atoms with Crippen molar-refractivity contribution in [2.45, 2.75) is 6.04 Å². The van der Waals surface area contributed by atoms with Crippen LogP contribution in [-0.2, 0) is 24.0 Å². The van der Waals surface area contributed by atoms with Gasteiger partial charge in [-0.25, -0.2) is 8.42 Å². The van der Waals surface area contributed by atoms with Gasteiger partial charge >= 0.3 is 0 Å². The van der Waals surface area contributed by atoms with E-state index in [1.807, 2.05) is 0 Å². The van der Waals surface area contributed by atoms with E-state index in [0.717, 1.165) is 0 Å². The van der Waals surface area contributed by atoms with Crippen LogP contribution in [0.5, 0.6) is 0 Å². The van der Waals surface area contributed by atoms with Crippen LogP contribution in [0.1, 0.15) is 0 Å². The molecule has 0 amide bonds. The van der Waals surface area contributed by atoms with Gasteiger partial charge in [0.05, 0.1) is 44.8 Å². The Hall–Kier alpha value is -0.740. The Labute approximate surface area is 123 Å². The standard InChI is InChI=1S/C11H19NO6S2/c13-2-3-16-4-5-17-6-7-18-11(19)12-10-1-8-20(14,15)9-10/h1,8,10,13H,2-7,9H2,(H,12,19). The van der Waals surface area contributed by atoms with Gasteiger partial charge in [-0.3, -0.25) is 0 Å². The maximum atomic E-state index is 11.2. The minimum atomic E-state index is -3.10. The summed E-state index contributed by atoms with van der Waals surface area (Å²) < 4.78 is 37.7. The SMILES string of the molecule is O=S1(=O)C=CC(NC(=S)OCCOCCOCCO)C1. The van der Waals surface area contributed by atoms with E-state index in [9.17, 15) is 8.42 Å². The molecule has 0 aromatic carbocycles. The van der Waals surface area contributed by atoms with Gasteiger partial charge in [0, 0.05) is 5.41 Å². The molecule has 116 valence electrons. The van der Waals surface area contributed by atoms with Gasteiger partial charge in [-0.2, -0.15) is 0 Å². The Balaban J connectivity index is 1.97. The molecule has 1 aliphatic rings. The minimum Gasteiger partial charge on any atom is -0.469 e. The fourth-order valence-corrected chi connectivity index (χ4v) is 2.91. The van der Waals surface area contributed by atoms with Crippen LogP contribution in [0.4, 0.5) is 0 Å². The number of hydrogen-bond acceptors (Lipinski definition) is 7. The molecule has 1 unspecified atom stereocenters. The summed E-state index contributed by atoms with van der Waals surface area (Å²) in [6, 6.07) is -0.333. The van der Waals surface area contributed by atoms with Crippen LogP contribution in [0.3, 0.4) is 0 Å². The molecule has 1 rings (SSSR count). The van der Waals surface area contributed by atoms with E-state index in [1.165, 1.54) is 5.41 Å². The van der Waals surface area contributed by atoms with E-state index in [1.54, 1.807) is 6.08 Å². The molecule has 7 nitrogen and oxygen atoms in total. The summed E-state index contributed by atoms with van der Waals surface area (Å²) in [6.45, 7) is 1.74. The molecule has 0 aromatic rings. The topological polar surface area (TPSA) is 94.1 Å². The summed E-state index contributed by atoms with van der Waals surface area (Å²) in [6.07, 6.45) is 1.54. The summed E-state index contributed by atoms with van der Waals surface area (Å²) in [5.74, 6) is -0.00477. The van der Waals surface area contributed by atoms with Crippen molar-refractivity contribution in [2.24, 2.45) is 0 Å². The predicted octanol–water partition coefficient (Wildman–Crippen LogP) is -0.786. The first kappa shape index (κ1) is 17.3. The van der Waals surface area contributed by atoms with E-state index < -0.39 is 9.84 Å². The van der Waals surface area contributed by atoms with E-state index in [-0.39, 0.29) is 30.2 Å². The van der Waals surface area contributed by atoms with Crippen molar-refractivity contribution in [3.8, 4) is 0 Å². The van der Waals surface area contributed by atoms with Crippen LogP contribution in [0.15, 0.2) is 11.5 Å². The zero-order chi connectivity index (χ0) is 14.8. The Morgan fingerprint density at radius 2 is 1.90 bits per heavy atom. The van der Waals surface area contributed by atoms with Crippen molar-refractivity contribution < 1.29 is 27.7 Å². The van der Waals surface area contributed by atoms with Gasteiger partial charge < -0.3 is 24.6 Å². The largest absolute Gasteiger partial charge is 0.469 e. The summed E-state index contributed by atoms with van der Waals surface area (Å²) in [7, 11) is -3.10. The molecule has 0 radical (unpaired) electrons. The number of aliphatic hydroxyl groups is 1. The molecule has 1 aliphatic heterocycles. The summed E-state index contributed by atoms with van der Waals surface area (Å²) >= 11 is 4.93. The highest BCUT2D eigenvalue weighted by Crippen LogP contribution is 2.07. The summed E-state index contributed by atoms with van der Waals surface area (Å²) in [5.41, 5.74) is 0. The third-order valence-electron chi connectivity index (χ3n) is 2.30. The maximum absolute atomic E-state index is 11.2. The molecule has 0 bridgehead atoms. The van der Waals surface area contributed by atoms with Gasteiger partial charge in [0.2, 0.25) is 0 Å². The third kappa shape index (κ3) is 7.75. The van der Waals surface area contributed by atoms with Gasteiger partial charge in [0.1, 0.15) is 6.61 Å². The number of hydrogen-bond donors (Lipinski definition) is 2. The number of nitrogens with one attached hydrogen (secondary N) is 1. The highest BCUT2D eigenvalue weighted by molar-refractivity contribution is 7.94. The molecule has 1 heterocycles. The Morgan fingerprint density at radius 1 is 1.25 bits per heavy atom. The van der Waals surface area contributed by atoms with Crippen LogP contribution >= 0.6 is 12.2 Å². The van der Waals surface area contributed by atoms with Crippen molar-refractivity contribution in [1.29, 1.82) is 0 Å². The highest BCUT2D eigenvalue weighted by Gasteiger charge is 2.22.